The molecule has 0 aromatic rings. The van der Waals surface area contributed by atoms with Crippen molar-refractivity contribution in [1.82, 2.24) is 5.32 Å². The monoisotopic (exact) mass is 175 g/mol. The van der Waals surface area contributed by atoms with Gasteiger partial charge in [0.05, 0.1) is 0 Å². The van der Waals surface area contributed by atoms with Crippen LogP contribution in [0.3, 0.4) is 0 Å². The van der Waals surface area contributed by atoms with Gasteiger partial charge in [-0.1, -0.05) is 6.92 Å². The summed E-state index contributed by atoms with van der Waals surface area (Å²) in [6.07, 6.45) is 0.479. The maximum absolute atomic E-state index is 10.8. The van der Waals surface area contributed by atoms with E-state index in [1.807, 2.05) is 6.92 Å². The number of aliphatic carboxylic acids is 1. The predicted molar refractivity (Wildman–Crippen MR) is 46.2 cm³/mol. The van der Waals surface area contributed by atoms with Gasteiger partial charge in [0.2, 0.25) is 0 Å². The Morgan fingerprint density at radius 2 is 2.25 bits per heavy atom. The fourth-order valence-corrected chi connectivity index (χ4v) is 0.967. The normalized spacial score (nSPS) is 15.6. The average Bonchev–Trinajstić information content (AvgIpc) is 2.01. The molecule has 2 N–H and O–H groups in total. The van der Waals surface area contributed by atoms with E-state index in [-0.39, 0.29) is 0 Å². The van der Waals surface area contributed by atoms with Crippen molar-refractivity contribution in [2.75, 3.05) is 20.3 Å². The third kappa shape index (κ3) is 3.19. The number of rotatable bonds is 6. The number of carbonyl (C=O) groups is 1. The van der Waals surface area contributed by atoms with Crippen molar-refractivity contribution in [3.63, 3.8) is 0 Å². The highest BCUT2D eigenvalue weighted by molar-refractivity contribution is 5.78. The second-order valence-corrected chi connectivity index (χ2v) is 2.91. The first-order valence-electron chi connectivity index (χ1n) is 4.04. The molecule has 0 aliphatic carbocycles. The van der Waals surface area contributed by atoms with Crippen LogP contribution in [0.2, 0.25) is 0 Å². The second kappa shape index (κ2) is 5.11. The van der Waals surface area contributed by atoms with Crippen molar-refractivity contribution in [2.45, 2.75) is 25.8 Å². The summed E-state index contributed by atoms with van der Waals surface area (Å²) in [6, 6.07) is 0. The van der Waals surface area contributed by atoms with Crippen molar-refractivity contribution in [3.8, 4) is 0 Å². The van der Waals surface area contributed by atoms with Crippen LogP contribution in [-0.2, 0) is 9.53 Å². The van der Waals surface area contributed by atoms with Crippen LogP contribution in [0.1, 0.15) is 20.3 Å². The van der Waals surface area contributed by atoms with Gasteiger partial charge in [-0.3, -0.25) is 4.79 Å². The van der Waals surface area contributed by atoms with E-state index >= 15 is 0 Å². The number of ether oxygens (including phenoxy) is 1. The summed E-state index contributed by atoms with van der Waals surface area (Å²) in [5, 5.41) is 11.8. The van der Waals surface area contributed by atoms with Gasteiger partial charge in [-0.25, -0.2) is 0 Å². The van der Waals surface area contributed by atoms with Crippen LogP contribution in [0.15, 0.2) is 0 Å². The Bertz CT molecular complexity index is 149. The summed E-state index contributed by atoms with van der Waals surface area (Å²) < 4.78 is 4.83. The molecule has 12 heavy (non-hydrogen) atoms. The molecule has 0 aromatic heterocycles. The first-order valence-corrected chi connectivity index (χ1v) is 4.04. The molecule has 0 bridgehead atoms. The number of hydrogen-bond donors (Lipinski definition) is 2. The summed E-state index contributed by atoms with van der Waals surface area (Å²) in [5.41, 5.74) is -0.856. The molecule has 0 radical (unpaired) electrons. The van der Waals surface area contributed by atoms with E-state index in [1.54, 1.807) is 14.0 Å². The lowest BCUT2D eigenvalue weighted by molar-refractivity contribution is -0.144. The maximum Gasteiger partial charge on any atom is 0.323 e. The summed E-state index contributed by atoms with van der Waals surface area (Å²) in [4.78, 5) is 10.8. The lowest BCUT2D eigenvalue weighted by Crippen LogP contribution is -2.50. The fraction of sp³-hybridized carbons (Fsp3) is 0.875. The van der Waals surface area contributed by atoms with Crippen molar-refractivity contribution in [2.24, 2.45) is 0 Å². The lowest BCUT2D eigenvalue weighted by atomic mass is 9.99. The summed E-state index contributed by atoms with van der Waals surface area (Å²) in [7, 11) is 1.56. The molecule has 0 spiro atoms. The van der Waals surface area contributed by atoms with E-state index < -0.39 is 11.5 Å². The van der Waals surface area contributed by atoms with E-state index in [0.29, 0.717) is 19.6 Å². The minimum atomic E-state index is -0.856. The molecule has 1 atom stereocenters. The molecular weight excluding hydrogens is 158 g/mol. The third-order valence-corrected chi connectivity index (χ3v) is 1.85. The number of methoxy groups -OCH3 is 1. The van der Waals surface area contributed by atoms with Gasteiger partial charge < -0.3 is 15.2 Å². The number of likely N-dealkylation sites (N-methyl/N-ethyl adjacent to an activating group) is 1. The van der Waals surface area contributed by atoms with Crippen LogP contribution in [-0.4, -0.2) is 36.9 Å². The Morgan fingerprint density at radius 1 is 1.67 bits per heavy atom. The van der Waals surface area contributed by atoms with Crippen LogP contribution in [0, 0.1) is 0 Å². The van der Waals surface area contributed by atoms with Crippen LogP contribution in [0.4, 0.5) is 0 Å². The standard InChI is InChI=1S/C8H17NO3/c1-4-9-8(2,7(10)11)5-6-12-3/h9H,4-6H2,1-3H3,(H,10,11). The van der Waals surface area contributed by atoms with Crippen molar-refractivity contribution in [1.29, 1.82) is 0 Å². The molecule has 0 aromatic carbocycles. The molecule has 0 aliphatic heterocycles. The van der Waals surface area contributed by atoms with Crippen molar-refractivity contribution in [3.05, 3.63) is 0 Å². The topological polar surface area (TPSA) is 58.6 Å². The number of hydrogen-bond acceptors (Lipinski definition) is 3. The number of carboxylic acids is 1. The minimum Gasteiger partial charge on any atom is -0.480 e. The van der Waals surface area contributed by atoms with E-state index in [9.17, 15) is 4.79 Å². The van der Waals surface area contributed by atoms with Gasteiger partial charge in [-0.2, -0.15) is 0 Å². The van der Waals surface area contributed by atoms with Crippen LogP contribution >= 0.6 is 0 Å². The third-order valence-electron chi connectivity index (χ3n) is 1.85. The molecule has 4 nitrogen and oxygen atoms in total. The summed E-state index contributed by atoms with van der Waals surface area (Å²) in [5.74, 6) is -0.832. The molecule has 0 saturated carbocycles. The zero-order valence-corrected chi connectivity index (χ0v) is 7.89. The van der Waals surface area contributed by atoms with Crippen LogP contribution in [0.5, 0.6) is 0 Å². The minimum absolute atomic E-state index is 0.454. The van der Waals surface area contributed by atoms with E-state index in [4.69, 9.17) is 9.84 Å². The highest BCUT2D eigenvalue weighted by atomic mass is 16.5. The number of carboxylic acid groups (broad SMARTS) is 1. The predicted octanol–water partition coefficient (Wildman–Crippen LogP) is 0.476. The molecule has 0 amide bonds. The molecule has 0 aliphatic rings. The Kier molecular flexibility index (Phi) is 4.85. The molecular formula is C8H17NO3. The molecule has 1 unspecified atom stereocenters. The Morgan fingerprint density at radius 3 is 2.58 bits per heavy atom. The van der Waals surface area contributed by atoms with Crippen LogP contribution in [0.25, 0.3) is 0 Å². The molecule has 0 rings (SSSR count). The van der Waals surface area contributed by atoms with Crippen LogP contribution < -0.4 is 5.32 Å². The number of nitrogens with one attached hydrogen (secondary N) is 1. The largest absolute Gasteiger partial charge is 0.480 e. The maximum atomic E-state index is 10.8. The summed E-state index contributed by atoms with van der Waals surface area (Å²) >= 11 is 0. The second-order valence-electron chi connectivity index (χ2n) is 2.91. The Hall–Kier alpha value is -0.610. The molecule has 72 valence electrons. The van der Waals surface area contributed by atoms with Gasteiger partial charge in [0.1, 0.15) is 5.54 Å². The van der Waals surface area contributed by atoms with E-state index in [0.717, 1.165) is 0 Å². The highest BCUT2D eigenvalue weighted by Gasteiger charge is 2.31. The molecule has 0 fully saturated rings. The summed E-state index contributed by atoms with van der Waals surface area (Å²) in [6.45, 7) is 4.65. The highest BCUT2D eigenvalue weighted by Crippen LogP contribution is 2.09. The average molecular weight is 175 g/mol. The first-order chi connectivity index (χ1) is 5.56. The quantitative estimate of drug-likeness (QED) is 0.616. The Labute approximate surface area is 72.9 Å². The SMILES string of the molecule is CCNC(C)(CCOC)C(=O)O. The smallest absolute Gasteiger partial charge is 0.323 e. The Balaban J connectivity index is 4.08. The fourth-order valence-electron chi connectivity index (χ4n) is 0.967. The van der Waals surface area contributed by atoms with Gasteiger partial charge in [-0.05, 0) is 19.9 Å². The van der Waals surface area contributed by atoms with E-state index in [1.165, 1.54) is 0 Å². The molecule has 4 heteroatoms. The van der Waals surface area contributed by atoms with Crippen molar-refractivity contribution < 1.29 is 14.6 Å². The zero-order chi connectivity index (χ0) is 9.61. The molecule has 0 saturated heterocycles. The van der Waals surface area contributed by atoms with Gasteiger partial charge in [-0.15, -0.1) is 0 Å². The van der Waals surface area contributed by atoms with Gasteiger partial charge in [0.15, 0.2) is 0 Å². The van der Waals surface area contributed by atoms with Gasteiger partial charge in [0, 0.05) is 13.7 Å². The molecule has 0 heterocycles. The first kappa shape index (κ1) is 11.4. The lowest BCUT2D eigenvalue weighted by Gasteiger charge is -2.25. The zero-order valence-electron chi connectivity index (χ0n) is 7.89. The van der Waals surface area contributed by atoms with Gasteiger partial charge in [0.25, 0.3) is 0 Å². The van der Waals surface area contributed by atoms with Gasteiger partial charge >= 0.3 is 5.97 Å². The van der Waals surface area contributed by atoms with Crippen molar-refractivity contribution >= 4 is 5.97 Å². The van der Waals surface area contributed by atoms with E-state index in [2.05, 4.69) is 5.32 Å².